The van der Waals surface area contributed by atoms with Crippen LogP contribution < -0.4 is 0 Å². The molecule has 14 heavy (non-hydrogen) atoms. The van der Waals surface area contributed by atoms with E-state index < -0.39 is 8.15 Å². The number of rotatable bonds is 0. The van der Waals surface area contributed by atoms with Crippen molar-refractivity contribution in [1.82, 2.24) is 0 Å². The zero-order valence-corrected chi connectivity index (χ0v) is 10.0. The van der Waals surface area contributed by atoms with Crippen LogP contribution in [0, 0.1) is 0 Å². The second-order valence-corrected chi connectivity index (χ2v) is 7.78. The van der Waals surface area contributed by atoms with E-state index in [4.69, 9.17) is 9.47 Å². The summed E-state index contributed by atoms with van der Waals surface area (Å²) in [6.45, 7) is 7.72. The summed E-state index contributed by atoms with van der Waals surface area (Å²) < 4.78 is 11.4. The SMILES string of the molecule is CC1CC2(CC(C)(C)P1O)OCCO2. The fourth-order valence-corrected chi connectivity index (χ4v) is 4.71. The van der Waals surface area contributed by atoms with Gasteiger partial charge in [0.2, 0.25) is 0 Å². The highest BCUT2D eigenvalue weighted by atomic mass is 31.1. The lowest BCUT2D eigenvalue weighted by atomic mass is 9.96. The maximum Gasteiger partial charge on any atom is 0.170 e. The van der Waals surface area contributed by atoms with Crippen LogP contribution in [0.25, 0.3) is 0 Å². The molecule has 0 aromatic rings. The Kier molecular flexibility index (Phi) is 2.64. The molecule has 3 nitrogen and oxygen atoms in total. The average molecular weight is 218 g/mol. The van der Waals surface area contributed by atoms with E-state index >= 15 is 0 Å². The minimum atomic E-state index is -0.898. The van der Waals surface area contributed by atoms with Crippen LogP contribution in [0.2, 0.25) is 0 Å². The minimum Gasteiger partial charge on any atom is -0.373 e. The Balaban J connectivity index is 2.17. The Morgan fingerprint density at radius 1 is 1.29 bits per heavy atom. The molecule has 0 aromatic heterocycles. The summed E-state index contributed by atoms with van der Waals surface area (Å²) in [5, 5.41) is -0.0443. The third-order valence-electron chi connectivity index (χ3n) is 3.16. The van der Waals surface area contributed by atoms with Crippen molar-refractivity contribution in [3.05, 3.63) is 0 Å². The van der Waals surface area contributed by atoms with Gasteiger partial charge in [0.1, 0.15) is 0 Å². The highest BCUT2D eigenvalue weighted by Crippen LogP contribution is 2.60. The second kappa shape index (κ2) is 3.41. The first-order chi connectivity index (χ1) is 6.45. The van der Waals surface area contributed by atoms with Crippen LogP contribution in [0.1, 0.15) is 33.6 Å². The van der Waals surface area contributed by atoms with Crippen molar-refractivity contribution in [3.63, 3.8) is 0 Å². The highest BCUT2D eigenvalue weighted by molar-refractivity contribution is 7.54. The van der Waals surface area contributed by atoms with Gasteiger partial charge in [0.25, 0.3) is 0 Å². The summed E-state index contributed by atoms with van der Waals surface area (Å²) >= 11 is 0. The van der Waals surface area contributed by atoms with Crippen molar-refractivity contribution < 1.29 is 14.4 Å². The molecule has 0 radical (unpaired) electrons. The van der Waals surface area contributed by atoms with E-state index in [1.807, 2.05) is 0 Å². The van der Waals surface area contributed by atoms with Crippen molar-refractivity contribution in [2.75, 3.05) is 13.2 Å². The van der Waals surface area contributed by atoms with Gasteiger partial charge >= 0.3 is 0 Å². The molecule has 1 spiro atoms. The van der Waals surface area contributed by atoms with Crippen LogP contribution in [0.15, 0.2) is 0 Å². The average Bonchev–Trinajstić information content (AvgIpc) is 2.48. The molecule has 0 bridgehead atoms. The third-order valence-corrected chi connectivity index (χ3v) is 5.58. The number of hydrogen-bond acceptors (Lipinski definition) is 3. The van der Waals surface area contributed by atoms with Gasteiger partial charge in [-0.05, 0) is 0 Å². The van der Waals surface area contributed by atoms with E-state index in [0.29, 0.717) is 18.9 Å². The van der Waals surface area contributed by atoms with Crippen LogP contribution in [-0.2, 0) is 9.47 Å². The summed E-state index contributed by atoms with van der Waals surface area (Å²) in [5.74, 6) is -0.384. The van der Waals surface area contributed by atoms with Crippen LogP contribution in [0.5, 0.6) is 0 Å². The molecule has 0 aromatic carbocycles. The Bertz CT molecular complexity index is 223. The molecule has 2 aliphatic heterocycles. The van der Waals surface area contributed by atoms with Crippen molar-refractivity contribution >= 4 is 8.15 Å². The fourth-order valence-electron chi connectivity index (χ4n) is 2.66. The smallest absolute Gasteiger partial charge is 0.170 e. The molecule has 82 valence electrons. The van der Waals surface area contributed by atoms with Gasteiger partial charge in [-0.1, -0.05) is 20.8 Å². The minimum absolute atomic E-state index is 0.0443. The van der Waals surface area contributed by atoms with Crippen LogP contribution in [-0.4, -0.2) is 34.7 Å². The first-order valence-corrected chi connectivity index (χ1v) is 6.58. The zero-order valence-electron chi connectivity index (χ0n) is 9.12. The largest absolute Gasteiger partial charge is 0.373 e. The monoisotopic (exact) mass is 218 g/mol. The summed E-state index contributed by atoms with van der Waals surface area (Å²) in [7, 11) is -0.898. The maximum absolute atomic E-state index is 10.1. The predicted octanol–water partition coefficient (Wildman–Crippen LogP) is 2.08. The molecular formula is C10H19O3P. The molecule has 2 heterocycles. The molecule has 2 unspecified atom stereocenters. The van der Waals surface area contributed by atoms with Crippen LogP contribution in [0.3, 0.4) is 0 Å². The van der Waals surface area contributed by atoms with Crippen molar-refractivity contribution in [2.24, 2.45) is 0 Å². The highest BCUT2D eigenvalue weighted by Gasteiger charge is 2.51. The summed E-state index contributed by atoms with van der Waals surface area (Å²) in [6, 6.07) is 0. The molecule has 2 rings (SSSR count). The summed E-state index contributed by atoms with van der Waals surface area (Å²) in [6.07, 6.45) is 1.67. The normalized spacial score (nSPS) is 40.3. The van der Waals surface area contributed by atoms with Crippen molar-refractivity contribution in [3.8, 4) is 0 Å². The van der Waals surface area contributed by atoms with Gasteiger partial charge in [0.15, 0.2) is 5.79 Å². The van der Waals surface area contributed by atoms with E-state index in [0.717, 1.165) is 12.8 Å². The Labute approximate surface area is 86.6 Å². The van der Waals surface area contributed by atoms with Gasteiger partial charge in [0.05, 0.1) is 13.2 Å². The molecule has 1 N–H and O–H groups in total. The first kappa shape index (κ1) is 10.8. The lowest BCUT2D eigenvalue weighted by molar-refractivity contribution is -0.174. The topological polar surface area (TPSA) is 38.7 Å². The van der Waals surface area contributed by atoms with Gasteiger partial charge < -0.3 is 14.4 Å². The first-order valence-electron chi connectivity index (χ1n) is 5.21. The van der Waals surface area contributed by atoms with Crippen LogP contribution >= 0.6 is 8.15 Å². The Morgan fingerprint density at radius 2 is 1.86 bits per heavy atom. The molecule has 2 aliphatic rings. The zero-order chi connectivity index (χ0) is 10.4. The Morgan fingerprint density at radius 3 is 2.36 bits per heavy atom. The Hall–Kier alpha value is 0.310. The molecule has 2 atom stereocenters. The van der Waals surface area contributed by atoms with E-state index in [-0.39, 0.29) is 10.9 Å². The van der Waals surface area contributed by atoms with E-state index in [1.54, 1.807) is 0 Å². The molecule has 0 saturated carbocycles. The van der Waals surface area contributed by atoms with E-state index in [9.17, 15) is 4.89 Å². The molecule has 0 amide bonds. The lowest BCUT2D eigenvalue weighted by Gasteiger charge is -2.47. The molecule has 0 aliphatic carbocycles. The third kappa shape index (κ3) is 1.71. The van der Waals surface area contributed by atoms with Crippen molar-refractivity contribution in [1.29, 1.82) is 0 Å². The fraction of sp³-hybridized carbons (Fsp3) is 1.00. The predicted molar refractivity (Wildman–Crippen MR) is 56.5 cm³/mol. The standard InChI is InChI=1S/C10H19O3P/c1-8-6-10(12-4-5-13-10)7-9(2,3)14(8)11/h8,11H,4-7H2,1-3H3. The molecule has 2 fully saturated rings. The van der Waals surface area contributed by atoms with E-state index in [1.165, 1.54) is 0 Å². The van der Waals surface area contributed by atoms with Crippen LogP contribution in [0.4, 0.5) is 0 Å². The molecule has 2 saturated heterocycles. The van der Waals surface area contributed by atoms with E-state index in [2.05, 4.69) is 20.8 Å². The van der Waals surface area contributed by atoms with Gasteiger partial charge in [-0.25, -0.2) is 0 Å². The van der Waals surface area contributed by atoms with Gasteiger partial charge in [-0.3, -0.25) is 0 Å². The van der Waals surface area contributed by atoms with Gasteiger partial charge in [0, 0.05) is 31.8 Å². The molecule has 4 heteroatoms. The maximum atomic E-state index is 10.1. The second-order valence-electron chi connectivity index (χ2n) is 4.99. The lowest BCUT2D eigenvalue weighted by Crippen LogP contribution is -2.46. The quantitative estimate of drug-likeness (QED) is 0.633. The summed E-state index contributed by atoms with van der Waals surface area (Å²) in [5.41, 5.74) is 0.312. The molecular weight excluding hydrogens is 199 g/mol. The summed E-state index contributed by atoms with van der Waals surface area (Å²) in [4.78, 5) is 10.1. The number of ether oxygens (including phenoxy) is 2. The van der Waals surface area contributed by atoms with Gasteiger partial charge in [-0.2, -0.15) is 0 Å². The van der Waals surface area contributed by atoms with Gasteiger partial charge in [-0.15, -0.1) is 0 Å². The number of hydrogen-bond donors (Lipinski definition) is 1. The van der Waals surface area contributed by atoms with Crippen molar-refractivity contribution in [2.45, 2.75) is 50.2 Å².